The third kappa shape index (κ3) is 3.19. The second-order valence-electron chi connectivity index (χ2n) is 3.57. The molecular formula is C9H10F3NO2S. The third-order valence-electron chi connectivity index (χ3n) is 1.79. The molecule has 0 atom stereocenters. The summed E-state index contributed by atoms with van der Waals surface area (Å²) in [4.78, 5) is 14.4. The van der Waals surface area contributed by atoms with Crippen LogP contribution in [0.1, 0.15) is 40.1 Å². The van der Waals surface area contributed by atoms with E-state index < -0.39 is 18.6 Å². The van der Waals surface area contributed by atoms with Gasteiger partial charge in [-0.2, -0.15) is 13.2 Å². The number of hydrogen-bond donors (Lipinski definition) is 1. The Labute approximate surface area is 93.9 Å². The first-order valence-electron chi connectivity index (χ1n) is 4.50. The van der Waals surface area contributed by atoms with Crippen LogP contribution in [0.4, 0.5) is 13.2 Å². The van der Waals surface area contributed by atoms with Gasteiger partial charge in [-0.3, -0.25) is 0 Å². The summed E-state index contributed by atoms with van der Waals surface area (Å²) in [5.41, 5.74) is 0.219. The first-order valence-corrected chi connectivity index (χ1v) is 5.32. The van der Waals surface area contributed by atoms with Crippen molar-refractivity contribution in [1.82, 2.24) is 4.98 Å². The number of nitrogens with zero attached hydrogens (tertiary/aromatic N) is 1. The van der Waals surface area contributed by atoms with E-state index in [-0.39, 0.29) is 21.5 Å². The van der Waals surface area contributed by atoms with Crippen LogP contribution in [-0.4, -0.2) is 22.2 Å². The summed E-state index contributed by atoms with van der Waals surface area (Å²) in [6.45, 7) is 3.39. The van der Waals surface area contributed by atoms with E-state index in [1.165, 1.54) is 0 Å². The highest BCUT2D eigenvalue weighted by Gasteiger charge is 2.31. The number of carboxylic acid groups (broad SMARTS) is 1. The average Bonchev–Trinajstić information content (AvgIpc) is 2.44. The van der Waals surface area contributed by atoms with Gasteiger partial charge in [-0.05, 0) is 5.92 Å². The minimum Gasteiger partial charge on any atom is -0.477 e. The average molecular weight is 253 g/mol. The van der Waals surface area contributed by atoms with Crippen molar-refractivity contribution in [3.8, 4) is 0 Å². The van der Waals surface area contributed by atoms with E-state index in [0.29, 0.717) is 11.3 Å². The van der Waals surface area contributed by atoms with E-state index in [0.717, 1.165) is 0 Å². The van der Waals surface area contributed by atoms with Gasteiger partial charge in [0.2, 0.25) is 0 Å². The lowest BCUT2D eigenvalue weighted by Gasteiger charge is -2.02. The molecule has 7 heteroatoms. The van der Waals surface area contributed by atoms with Gasteiger partial charge in [0.05, 0.1) is 12.1 Å². The SMILES string of the molecule is CC(C)c1nc(CC(F)(F)F)sc1C(=O)O. The fourth-order valence-electron chi connectivity index (χ4n) is 1.17. The molecule has 1 heterocycles. The largest absolute Gasteiger partial charge is 0.477 e. The topological polar surface area (TPSA) is 50.2 Å². The molecule has 0 amide bonds. The third-order valence-corrected chi connectivity index (χ3v) is 2.85. The summed E-state index contributed by atoms with van der Waals surface area (Å²) in [6, 6.07) is 0. The van der Waals surface area contributed by atoms with E-state index in [1.54, 1.807) is 13.8 Å². The molecule has 0 fully saturated rings. The van der Waals surface area contributed by atoms with Gasteiger partial charge in [0.15, 0.2) is 0 Å². The van der Waals surface area contributed by atoms with E-state index >= 15 is 0 Å². The minimum atomic E-state index is -4.36. The molecule has 0 spiro atoms. The van der Waals surface area contributed by atoms with E-state index in [4.69, 9.17) is 5.11 Å². The Morgan fingerprint density at radius 3 is 2.38 bits per heavy atom. The lowest BCUT2D eigenvalue weighted by atomic mass is 10.1. The Morgan fingerprint density at radius 2 is 2.06 bits per heavy atom. The number of carbonyl (C=O) groups is 1. The monoisotopic (exact) mass is 253 g/mol. The Hall–Kier alpha value is -1.11. The molecule has 0 saturated carbocycles. The van der Waals surface area contributed by atoms with Crippen LogP contribution in [0.3, 0.4) is 0 Å². The standard InChI is InChI=1S/C9H10F3NO2S/c1-4(2)6-7(8(14)15)16-5(13-6)3-9(10,11)12/h4H,3H2,1-2H3,(H,14,15). The zero-order chi connectivity index (χ0) is 12.5. The number of hydrogen-bond acceptors (Lipinski definition) is 3. The van der Waals surface area contributed by atoms with Crippen LogP contribution in [0.25, 0.3) is 0 Å². The van der Waals surface area contributed by atoms with Gasteiger partial charge in [0, 0.05) is 0 Å². The molecule has 1 aromatic heterocycles. The normalized spacial score (nSPS) is 12.1. The molecule has 0 saturated heterocycles. The molecule has 1 N–H and O–H groups in total. The smallest absolute Gasteiger partial charge is 0.395 e. The molecule has 3 nitrogen and oxygen atoms in total. The van der Waals surface area contributed by atoms with Gasteiger partial charge in [0.1, 0.15) is 9.88 Å². The highest BCUT2D eigenvalue weighted by molar-refractivity contribution is 7.13. The van der Waals surface area contributed by atoms with Crippen molar-refractivity contribution in [1.29, 1.82) is 0 Å². The van der Waals surface area contributed by atoms with E-state index in [1.807, 2.05) is 0 Å². The van der Waals surface area contributed by atoms with E-state index in [2.05, 4.69) is 4.98 Å². The van der Waals surface area contributed by atoms with Gasteiger partial charge >= 0.3 is 12.1 Å². The number of aromatic carboxylic acids is 1. The maximum atomic E-state index is 12.1. The van der Waals surface area contributed by atoms with Crippen LogP contribution in [-0.2, 0) is 6.42 Å². The van der Waals surface area contributed by atoms with Crippen molar-refractivity contribution in [2.24, 2.45) is 0 Å². The second-order valence-corrected chi connectivity index (χ2v) is 4.66. The molecule has 0 aliphatic rings. The molecule has 16 heavy (non-hydrogen) atoms. The Morgan fingerprint density at radius 1 is 1.50 bits per heavy atom. The highest BCUT2D eigenvalue weighted by Crippen LogP contribution is 2.29. The summed E-state index contributed by atoms with van der Waals surface area (Å²) < 4.78 is 36.3. The molecule has 0 bridgehead atoms. The minimum absolute atomic E-state index is 0.103. The van der Waals surface area contributed by atoms with Gasteiger partial charge in [-0.15, -0.1) is 11.3 Å². The maximum Gasteiger partial charge on any atom is 0.395 e. The van der Waals surface area contributed by atoms with Crippen LogP contribution in [0.2, 0.25) is 0 Å². The van der Waals surface area contributed by atoms with Crippen LogP contribution in [0, 0.1) is 0 Å². The fraction of sp³-hybridized carbons (Fsp3) is 0.556. The van der Waals surface area contributed by atoms with Gasteiger partial charge in [0.25, 0.3) is 0 Å². The number of aromatic nitrogens is 1. The van der Waals surface area contributed by atoms with Gasteiger partial charge in [-0.1, -0.05) is 13.8 Å². The molecule has 1 aromatic rings. The predicted octanol–water partition coefficient (Wildman–Crippen LogP) is 3.07. The number of thiazole rings is 1. The van der Waals surface area contributed by atoms with Crippen molar-refractivity contribution < 1.29 is 23.1 Å². The Kier molecular flexibility index (Phi) is 3.57. The first kappa shape index (κ1) is 13.0. The van der Waals surface area contributed by atoms with Crippen molar-refractivity contribution in [3.05, 3.63) is 15.6 Å². The van der Waals surface area contributed by atoms with Crippen molar-refractivity contribution in [3.63, 3.8) is 0 Å². The molecule has 0 unspecified atom stereocenters. The Bertz CT molecular complexity index is 398. The maximum absolute atomic E-state index is 12.1. The van der Waals surface area contributed by atoms with Crippen LogP contribution < -0.4 is 0 Å². The highest BCUT2D eigenvalue weighted by atomic mass is 32.1. The predicted molar refractivity (Wildman–Crippen MR) is 52.9 cm³/mol. The number of halogens is 3. The molecule has 0 radical (unpaired) electrons. The van der Waals surface area contributed by atoms with Crippen LogP contribution in [0.15, 0.2) is 0 Å². The first-order chi connectivity index (χ1) is 7.20. The summed E-state index contributed by atoms with van der Waals surface area (Å²) in [6.07, 6.45) is -5.54. The molecular weight excluding hydrogens is 243 g/mol. The lowest BCUT2D eigenvalue weighted by molar-refractivity contribution is -0.127. The summed E-state index contributed by atoms with van der Waals surface area (Å²) >= 11 is 0.592. The molecule has 0 aromatic carbocycles. The van der Waals surface area contributed by atoms with E-state index in [9.17, 15) is 18.0 Å². The summed E-state index contributed by atoms with van der Waals surface area (Å²) in [5.74, 6) is -1.43. The van der Waals surface area contributed by atoms with Crippen molar-refractivity contribution in [2.45, 2.75) is 32.4 Å². The molecule has 1 rings (SSSR count). The summed E-state index contributed by atoms with van der Waals surface area (Å²) in [7, 11) is 0. The van der Waals surface area contributed by atoms with Crippen LogP contribution in [0.5, 0.6) is 0 Å². The number of alkyl halides is 3. The van der Waals surface area contributed by atoms with Crippen LogP contribution >= 0.6 is 11.3 Å². The molecule has 90 valence electrons. The molecule has 0 aliphatic carbocycles. The quantitative estimate of drug-likeness (QED) is 0.900. The second kappa shape index (κ2) is 4.40. The molecule has 0 aliphatic heterocycles. The fourth-order valence-corrected chi connectivity index (χ4v) is 2.26. The lowest BCUT2D eigenvalue weighted by Crippen LogP contribution is -2.11. The zero-order valence-electron chi connectivity index (χ0n) is 8.63. The summed E-state index contributed by atoms with van der Waals surface area (Å²) in [5, 5.41) is 8.61. The van der Waals surface area contributed by atoms with Gasteiger partial charge < -0.3 is 5.11 Å². The number of rotatable bonds is 3. The zero-order valence-corrected chi connectivity index (χ0v) is 9.45. The van der Waals surface area contributed by atoms with Crippen molar-refractivity contribution in [2.75, 3.05) is 0 Å². The number of carboxylic acids is 1. The Balaban J connectivity index is 3.07. The van der Waals surface area contributed by atoms with Crippen molar-refractivity contribution >= 4 is 17.3 Å². The van der Waals surface area contributed by atoms with Gasteiger partial charge in [-0.25, -0.2) is 9.78 Å².